The Bertz CT molecular complexity index is 433. The van der Waals surface area contributed by atoms with Crippen LogP contribution < -0.4 is 0 Å². The number of aliphatic hydroxyl groups excluding tert-OH is 1. The van der Waals surface area contributed by atoms with Gasteiger partial charge in [0.05, 0.1) is 23.2 Å². The van der Waals surface area contributed by atoms with Crippen molar-refractivity contribution < 1.29 is 9.90 Å². The Hall–Kier alpha value is -1.06. The summed E-state index contributed by atoms with van der Waals surface area (Å²) in [6.45, 7) is 2.61. The van der Waals surface area contributed by atoms with Gasteiger partial charge >= 0.3 is 0 Å². The first-order chi connectivity index (χ1) is 8.15. The van der Waals surface area contributed by atoms with Gasteiger partial charge in [0.15, 0.2) is 0 Å². The highest BCUT2D eigenvalue weighted by Crippen LogP contribution is 2.25. The van der Waals surface area contributed by atoms with Crippen LogP contribution in [-0.4, -0.2) is 35.1 Å². The molecule has 0 bridgehead atoms. The summed E-state index contributed by atoms with van der Waals surface area (Å²) in [4.78, 5) is 14.0. The van der Waals surface area contributed by atoms with Crippen LogP contribution in [0.15, 0.2) is 18.2 Å². The normalized spacial score (nSPS) is 19.7. The topological polar surface area (TPSA) is 40.5 Å². The number of carbonyl (C=O) groups is 1. The van der Waals surface area contributed by atoms with E-state index in [2.05, 4.69) is 0 Å². The van der Waals surface area contributed by atoms with Gasteiger partial charge in [0.2, 0.25) is 0 Å². The predicted octanol–water partition coefficient (Wildman–Crippen LogP) is 2.25. The lowest BCUT2D eigenvalue weighted by Gasteiger charge is -2.23. The number of likely N-dealkylation sites (tertiary alicyclic amines) is 1. The van der Waals surface area contributed by atoms with Gasteiger partial charge in [-0.25, -0.2) is 0 Å². The zero-order chi connectivity index (χ0) is 12.4. The molecule has 1 atom stereocenters. The number of amides is 1. The number of carbonyl (C=O) groups excluding carboxylic acids is 1. The van der Waals surface area contributed by atoms with Gasteiger partial charge in [0, 0.05) is 6.54 Å². The summed E-state index contributed by atoms with van der Waals surface area (Å²) >= 11 is 6.15. The van der Waals surface area contributed by atoms with Gasteiger partial charge in [-0.15, -0.1) is 0 Å². The first-order valence-electron chi connectivity index (χ1n) is 5.82. The van der Waals surface area contributed by atoms with Crippen LogP contribution in [0.1, 0.15) is 28.8 Å². The van der Waals surface area contributed by atoms with E-state index in [1.807, 2.05) is 19.1 Å². The third kappa shape index (κ3) is 2.31. The molecule has 17 heavy (non-hydrogen) atoms. The molecular weight excluding hydrogens is 238 g/mol. The number of hydrogen-bond acceptors (Lipinski definition) is 2. The van der Waals surface area contributed by atoms with E-state index in [0.29, 0.717) is 17.1 Å². The van der Waals surface area contributed by atoms with E-state index in [-0.39, 0.29) is 18.6 Å². The van der Waals surface area contributed by atoms with Gasteiger partial charge in [-0.05, 0) is 31.4 Å². The molecule has 1 unspecified atom stereocenters. The SMILES string of the molecule is Cc1cccc(C(=O)N2CCCC2CO)c1Cl. The number of aryl methyl sites for hydroxylation is 1. The van der Waals surface area contributed by atoms with Crippen LogP contribution in [-0.2, 0) is 0 Å². The van der Waals surface area contributed by atoms with Crippen molar-refractivity contribution in [3.8, 4) is 0 Å². The Morgan fingerprint density at radius 2 is 2.35 bits per heavy atom. The van der Waals surface area contributed by atoms with Crippen molar-refractivity contribution in [1.29, 1.82) is 0 Å². The number of aliphatic hydroxyl groups is 1. The van der Waals surface area contributed by atoms with Crippen LogP contribution in [0.5, 0.6) is 0 Å². The van der Waals surface area contributed by atoms with E-state index in [9.17, 15) is 9.90 Å². The Balaban J connectivity index is 2.28. The maximum absolute atomic E-state index is 12.3. The Kier molecular flexibility index (Phi) is 3.69. The second-order valence-electron chi connectivity index (χ2n) is 4.41. The highest BCUT2D eigenvalue weighted by Gasteiger charge is 2.29. The van der Waals surface area contributed by atoms with E-state index in [1.54, 1.807) is 11.0 Å². The summed E-state index contributed by atoms with van der Waals surface area (Å²) in [6, 6.07) is 5.40. The summed E-state index contributed by atoms with van der Waals surface area (Å²) < 4.78 is 0. The average Bonchev–Trinajstić information content (AvgIpc) is 2.80. The summed E-state index contributed by atoms with van der Waals surface area (Å²) in [5.74, 6) is -0.0738. The van der Waals surface area contributed by atoms with Crippen LogP contribution in [0.3, 0.4) is 0 Å². The molecule has 0 radical (unpaired) electrons. The van der Waals surface area contributed by atoms with Crippen molar-refractivity contribution in [2.24, 2.45) is 0 Å². The van der Waals surface area contributed by atoms with Crippen molar-refractivity contribution in [3.05, 3.63) is 34.3 Å². The summed E-state index contributed by atoms with van der Waals surface area (Å²) in [7, 11) is 0. The molecule has 0 spiro atoms. The Morgan fingerprint density at radius 1 is 1.59 bits per heavy atom. The van der Waals surface area contributed by atoms with Gasteiger partial charge in [-0.3, -0.25) is 4.79 Å². The second kappa shape index (κ2) is 5.07. The number of rotatable bonds is 2. The summed E-state index contributed by atoms with van der Waals surface area (Å²) in [5.41, 5.74) is 1.43. The molecule has 1 heterocycles. The molecule has 1 aromatic carbocycles. The number of hydrogen-bond donors (Lipinski definition) is 1. The minimum atomic E-state index is -0.0738. The minimum Gasteiger partial charge on any atom is -0.394 e. The lowest BCUT2D eigenvalue weighted by molar-refractivity contribution is 0.0677. The monoisotopic (exact) mass is 253 g/mol. The van der Waals surface area contributed by atoms with E-state index in [1.165, 1.54) is 0 Å². The molecule has 3 nitrogen and oxygen atoms in total. The number of halogens is 1. The molecule has 1 N–H and O–H groups in total. The van der Waals surface area contributed by atoms with Gasteiger partial charge in [0.25, 0.3) is 5.91 Å². The minimum absolute atomic E-state index is 0.0230. The van der Waals surface area contributed by atoms with Crippen LogP contribution in [0.4, 0.5) is 0 Å². The zero-order valence-corrected chi connectivity index (χ0v) is 10.6. The first kappa shape index (κ1) is 12.4. The molecule has 1 aromatic rings. The van der Waals surface area contributed by atoms with Gasteiger partial charge in [0.1, 0.15) is 0 Å². The third-order valence-corrected chi connectivity index (χ3v) is 3.77. The molecule has 1 aliphatic rings. The maximum Gasteiger partial charge on any atom is 0.255 e. The van der Waals surface area contributed by atoms with Crippen LogP contribution >= 0.6 is 11.6 Å². The molecule has 1 amide bonds. The molecule has 0 aliphatic carbocycles. The molecule has 1 aliphatic heterocycles. The molecule has 4 heteroatoms. The van der Waals surface area contributed by atoms with Crippen molar-refractivity contribution >= 4 is 17.5 Å². The molecular formula is C13H16ClNO2. The fourth-order valence-corrected chi connectivity index (χ4v) is 2.47. The highest BCUT2D eigenvalue weighted by atomic mass is 35.5. The average molecular weight is 254 g/mol. The number of benzene rings is 1. The van der Waals surface area contributed by atoms with Crippen molar-refractivity contribution in [2.75, 3.05) is 13.2 Å². The maximum atomic E-state index is 12.3. The second-order valence-corrected chi connectivity index (χ2v) is 4.79. The molecule has 92 valence electrons. The molecule has 2 rings (SSSR count). The van der Waals surface area contributed by atoms with Crippen LogP contribution in [0.25, 0.3) is 0 Å². The summed E-state index contributed by atoms with van der Waals surface area (Å²) in [5, 5.41) is 9.74. The lowest BCUT2D eigenvalue weighted by Crippen LogP contribution is -2.37. The first-order valence-corrected chi connectivity index (χ1v) is 6.20. The Labute approximate surface area is 106 Å². The predicted molar refractivity (Wildman–Crippen MR) is 67.3 cm³/mol. The van der Waals surface area contributed by atoms with Crippen LogP contribution in [0, 0.1) is 6.92 Å². The van der Waals surface area contributed by atoms with Gasteiger partial charge < -0.3 is 10.0 Å². The fraction of sp³-hybridized carbons (Fsp3) is 0.462. The quantitative estimate of drug-likeness (QED) is 0.878. The van der Waals surface area contributed by atoms with E-state index >= 15 is 0 Å². The zero-order valence-electron chi connectivity index (χ0n) is 9.82. The van der Waals surface area contributed by atoms with E-state index < -0.39 is 0 Å². The van der Waals surface area contributed by atoms with Crippen molar-refractivity contribution in [2.45, 2.75) is 25.8 Å². The van der Waals surface area contributed by atoms with Crippen molar-refractivity contribution in [1.82, 2.24) is 4.90 Å². The number of nitrogens with zero attached hydrogens (tertiary/aromatic N) is 1. The molecule has 0 aromatic heterocycles. The largest absolute Gasteiger partial charge is 0.394 e. The highest BCUT2D eigenvalue weighted by molar-refractivity contribution is 6.34. The molecule has 1 fully saturated rings. The van der Waals surface area contributed by atoms with E-state index in [4.69, 9.17) is 11.6 Å². The van der Waals surface area contributed by atoms with Gasteiger partial charge in [-0.2, -0.15) is 0 Å². The van der Waals surface area contributed by atoms with Gasteiger partial charge in [-0.1, -0.05) is 23.7 Å². The lowest BCUT2D eigenvalue weighted by atomic mass is 10.1. The van der Waals surface area contributed by atoms with Crippen LogP contribution in [0.2, 0.25) is 5.02 Å². The molecule has 0 saturated carbocycles. The van der Waals surface area contributed by atoms with E-state index in [0.717, 1.165) is 18.4 Å². The standard InChI is InChI=1S/C13H16ClNO2/c1-9-4-2-6-11(12(9)14)13(17)15-7-3-5-10(15)8-16/h2,4,6,10,16H,3,5,7-8H2,1H3. The van der Waals surface area contributed by atoms with Crippen molar-refractivity contribution in [3.63, 3.8) is 0 Å². The third-order valence-electron chi connectivity index (χ3n) is 3.27. The fourth-order valence-electron chi connectivity index (χ4n) is 2.26. The smallest absolute Gasteiger partial charge is 0.255 e. The molecule has 1 saturated heterocycles. The Morgan fingerprint density at radius 3 is 3.06 bits per heavy atom. The summed E-state index contributed by atoms with van der Waals surface area (Å²) in [6.07, 6.45) is 1.81.